The molecule has 0 aliphatic carbocycles. The second-order valence-corrected chi connectivity index (χ2v) is 9.08. The van der Waals surface area contributed by atoms with Crippen LogP contribution in [0.4, 0.5) is 4.79 Å². The highest BCUT2D eigenvalue weighted by Crippen LogP contribution is 2.35. The molecule has 0 unspecified atom stereocenters. The maximum atomic E-state index is 12.8. The number of imide groups is 1. The normalized spacial score (nSPS) is 15.9. The number of carbonyl (C=O) groups excluding carboxylic acids is 3. The smallest absolute Gasteiger partial charge is 0.293 e. The number of ketones is 1. The number of hydrogen-bond donors (Lipinski definition) is 0. The Hall–Kier alpha value is -2.58. The Morgan fingerprint density at radius 1 is 1.12 bits per heavy atom. The first-order valence-corrected chi connectivity index (χ1v) is 11.9. The molecule has 2 aromatic rings. The quantitative estimate of drug-likeness (QED) is 0.302. The summed E-state index contributed by atoms with van der Waals surface area (Å²) in [6, 6.07) is 12.2. The summed E-state index contributed by atoms with van der Waals surface area (Å²) in [5.74, 6) is 0.423. The Kier molecular flexibility index (Phi) is 8.15. The summed E-state index contributed by atoms with van der Waals surface area (Å²) in [7, 11) is 0. The number of rotatable bonds is 9. The van der Waals surface area contributed by atoms with Crippen molar-refractivity contribution >= 4 is 50.7 Å². The van der Waals surface area contributed by atoms with Crippen molar-refractivity contribution in [2.24, 2.45) is 0 Å². The molecule has 1 atom stereocenters. The SMILES string of the molecule is CCOc1cc(/C=C2/SC(=O)N(CC(=O)c3ccc(Br)cc3)C2=O)ccc1O[C@@H](C)CC. The van der Waals surface area contributed by atoms with E-state index < -0.39 is 11.1 Å². The van der Waals surface area contributed by atoms with Crippen molar-refractivity contribution in [2.75, 3.05) is 13.2 Å². The van der Waals surface area contributed by atoms with E-state index in [9.17, 15) is 14.4 Å². The van der Waals surface area contributed by atoms with Crippen LogP contribution in [0.3, 0.4) is 0 Å². The van der Waals surface area contributed by atoms with Gasteiger partial charge in [-0.05, 0) is 67.9 Å². The first kappa shape index (κ1) is 24.1. The molecule has 0 bridgehead atoms. The minimum atomic E-state index is -0.483. The summed E-state index contributed by atoms with van der Waals surface area (Å²) in [6.45, 7) is 6.07. The van der Waals surface area contributed by atoms with Crippen LogP contribution < -0.4 is 9.47 Å². The Morgan fingerprint density at radius 3 is 2.50 bits per heavy atom. The molecule has 1 heterocycles. The molecule has 3 rings (SSSR count). The molecule has 168 valence electrons. The highest BCUT2D eigenvalue weighted by Gasteiger charge is 2.36. The molecule has 0 radical (unpaired) electrons. The van der Waals surface area contributed by atoms with Gasteiger partial charge < -0.3 is 9.47 Å². The zero-order valence-corrected chi connectivity index (χ0v) is 20.5. The van der Waals surface area contributed by atoms with Crippen molar-refractivity contribution in [1.82, 2.24) is 4.90 Å². The van der Waals surface area contributed by atoms with E-state index in [1.165, 1.54) is 0 Å². The van der Waals surface area contributed by atoms with Gasteiger partial charge in [0.15, 0.2) is 17.3 Å². The standard InChI is InChI=1S/C24H24BrNO5S/c1-4-15(3)31-20-11-6-16(12-21(20)30-5-2)13-22-23(28)26(24(29)32-22)14-19(27)17-7-9-18(25)10-8-17/h6-13,15H,4-5,14H2,1-3H3/b22-13+/t15-/m0/s1. The Bertz CT molecular complexity index is 1050. The van der Waals surface area contributed by atoms with Crippen LogP contribution in [0.1, 0.15) is 43.1 Å². The van der Waals surface area contributed by atoms with Crippen LogP contribution >= 0.6 is 27.7 Å². The van der Waals surface area contributed by atoms with Gasteiger partial charge in [-0.2, -0.15) is 0 Å². The predicted octanol–water partition coefficient (Wildman–Crippen LogP) is 5.94. The van der Waals surface area contributed by atoms with Crippen LogP contribution in [0.2, 0.25) is 0 Å². The third-order valence-electron chi connectivity index (χ3n) is 4.81. The lowest BCUT2D eigenvalue weighted by Crippen LogP contribution is -2.33. The van der Waals surface area contributed by atoms with Crippen molar-refractivity contribution < 1.29 is 23.9 Å². The average Bonchev–Trinajstić information content (AvgIpc) is 3.03. The molecule has 32 heavy (non-hydrogen) atoms. The van der Waals surface area contributed by atoms with E-state index in [0.717, 1.165) is 27.6 Å². The average molecular weight is 518 g/mol. The van der Waals surface area contributed by atoms with E-state index in [2.05, 4.69) is 15.9 Å². The van der Waals surface area contributed by atoms with Crippen LogP contribution in [0.5, 0.6) is 11.5 Å². The molecule has 6 nitrogen and oxygen atoms in total. The number of nitrogens with zero attached hydrogens (tertiary/aromatic N) is 1. The molecule has 0 N–H and O–H groups in total. The highest BCUT2D eigenvalue weighted by atomic mass is 79.9. The van der Waals surface area contributed by atoms with E-state index >= 15 is 0 Å². The van der Waals surface area contributed by atoms with E-state index in [4.69, 9.17) is 9.47 Å². The first-order chi connectivity index (χ1) is 15.3. The number of Topliss-reactive ketones (excluding diaryl/α,β-unsaturated/α-hetero) is 1. The number of benzene rings is 2. The van der Waals surface area contributed by atoms with Crippen LogP contribution in [0, 0.1) is 0 Å². The molecule has 1 aliphatic rings. The molecule has 1 fully saturated rings. The monoisotopic (exact) mass is 517 g/mol. The summed E-state index contributed by atoms with van der Waals surface area (Å²) < 4.78 is 12.4. The topological polar surface area (TPSA) is 72.9 Å². The van der Waals surface area contributed by atoms with Gasteiger partial charge in [0.05, 0.1) is 24.2 Å². The van der Waals surface area contributed by atoms with E-state index in [1.54, 1.807) is 48.5 Å². The number of ether oxygens (including phenoxy) is 2. The van der Waals surface area contributed by atoms with Crippen molar-refractivity contribution in [2.45, 2.75) is 33.3 Å². The van der Waals surface area contributed by atoms with E-state index in [-0.39, 0.29) is 23.3 Å². The van der Waals surface area contributed by atoms with Gasteiger partial charge in [0.1, 0.15) is 0 Å². The number of halogens is 1. The van der Waals surface area contributed by atoms with Gasteiger partial charge in [-0.15, -0.1) is 0 Å². The summed E-state index contributed by atoms with van der Waals surface area (Å²) >= 11 is 4.14. The summed E-state index contributed by atoms with van der Waals surface area (Å²) in [5, 5.41) is -0.464. The molecule has 8 heteroatoms. The molecule has 2 amide bonds. The maximum absolute atomic E-state index is 12.8. The molecule has 1 saturated heterocycles. The summed E-state index contributed by atoms with van der Waals surface area (Å²) in [5.41, 5.74) is 1.14. The Morgan fingerprint density at radius 2 is 1.84 bits per heavy atom. The number of amides is 2. The fourth-order valence-corrected chi connectivity index (χ4v) is 4.04. The van der Waals surface area contributed by atoms with Crippen molar-refractivity contribution in [1.29, 1.82) is 0 Å². The van der Waals surface area contributed by atoms with Gasteiger partial charge in [0.25, 0.3) is 11.1 Å². The van der Waals surface area contributed by atoms with Crippen LogP contribution in [-0.2, 0) is 4.79 Å². The fourth-order valence-electron chi connectivity index (χ4n) is 2.94. The van der Waals surface area contributed by atoms with Gasteiger partial charge >= 0.3 is 0 Å². The third-order valence-corrected chi connectivity index (χ3v) is 6.25. The van der Waals surface area contributed by atoms with Crippen molar-refractivity contribution in [3.8, 4) is 11.5 Å². The second-order valence-electron chi connectivity index (χ2n) is 7.17. The van der Waals surface area contributed by atoms with Gasteiger partial charge in [-0.25, -0.2) is 0 Å². The largest absolute Gasteiger partial charge is 0.490 e. The second kappa shape index (κ2) is 10.8. The van der Waals surface area contributed by atoms with E-state index in [0.29, 0.717) is 29.2 Å². The van der Waals surface area contributed by atoms with E-state index in [1.807, 2.05) is 20.8 Å². The lowest BCUT2D eigenvalue weighted by atomic mass is 10.1. The lowest BCUT2D eigenvalue weighted by Gasteiger charge is -2.16. The fraction of sp³-hybridized carbons (Fsp3) is 0.292. The molecular formula is C24H24BrNO5S. The number of thioether (sulfide) groups is 1. The predicted molar refractivity (Wildman–Crippen MR) is 129 cm³/mol. The number of hydrogen-bond acceptors (Lipinski definition) is 6. The summed E-state index contributed by atoms with van der Waals surface area (Å²) in [4.78, 5) is 39.0. The third kappa shape index (κ3) is 5.81. The van der Waals surface area contributed by atoms with Crippen LogP contribution in [0.25, 0.3) is 6.08 Å². The Labute approximate surface area is 200 Å². The molecule has 0 aromatic heterocycles. The van der Waals surface area contributed by atoms with Crippen LogP contribution in [-0.4, -0.2) is 41.1 Å². The maximum Gasteiger partial charge on any atom is 0.293 e. The zero-order chi connectivity index (χ0) is 23.3. The summed E-state index contributed by atoms with van der Waals surface area (Å²) in [6.07, 6.45) is 2.53. The zero-order valence-electron chi connectivity index (χ0n) is 18.1. The molecule has 0 spiro atoms. The lowest BCUT2D eigenvalue weighted by molar-refractivity contribution is -0.122. The minimum Gasteiger partial charge on any atom is -0.490 e. The van der Waals surface area contributed by atoms with Crippen LogP contribution in [0.15, 0.2) is 51.8 Å². The molecule has 1 aliphatic heterocycles. The Balaban J connectivity index is 1.78. The van der Waals surface area contributed by atoms with Crippen molar-refractivity contribution in [3.05, 3.63) is 63.0 Å². The first-order valence-electron chi connectivity index (χ1n) is 10.3. The van der Waals surface area contributed by atoms with Crippen molar-refractivity contribution in [3.63, 3.8) is 0 Å². The van der Waals surface area contributed by atoms with Gasteiger partial charge in [0, 0.05) is 10.0 Å². The van der Waals surface area contributed by atoms with Gasteiger partial charge in [0.2, 0.25) is 0 Å². The minimum absolute atomic E-state index is 0.0415. The van der Waals surface area contributed by atoms with Gasteiger partial charge in [-0.1, -0.05) is 41.1 Å². The number of carbonyl (C=O) groups is 3. The highest BCUT2D eigenvalue weighted by molar-refractivity contribution is 9.10. The van der Waals surface area contributed by atoms with Gasteiger partial charge in [-0.3, -0.25) is 19.3 Å². The molecule has 0 saturated carbocycles. The molecule has 2 aromatic carbocycles. The molecular weight excluding hydrogens is 494 g/mol.